The number of hydrogen-bond donors (Lipinski definition) is 1. The van der Waals surface area contributed by atoms with Crippen LogP contribution in [0.1, 0.15) is 13.3 Å². The molecule has 17 heavy (non-hydrogen) atoms. The molecule has 2 atom stereocenters. The molecule has 0 saturated carbocycles. The molecule has 0 radical (unpaired) electrons. The molecule has 0 aromatic carbocycles. The van der Waals surface area contributed by atoms with Gasteiger partial charge in [0.1, 0.15) is 0 Å². The highest BCUT2D eigenvalue weighted by Gasteiger charge is 2.39. The first-order chi connectivity index (χ1) is 8.11. The lowest BCUT2D eigenvalue weighted by Crippen LogP contribution is -2.48. The molecule has 6 heteroatoms. The van der Waals surface area contributed by atoms with Gasteiger partial charge in [-0.25, -0.2) is 4.79 Å². The van der Waals surface area contributed by atoms with Crippen molar-refractivity contribution in [1.29, 1.82) is 0 Å². The number of hydrogen-bond acceptors (Lipinski definition) is 3. The number of carboxylic acid groups (broad SMARTS) is 1. The molecule has 2 heterocycles. The largest absolute Gasteiger partial charge is 0.481 e. The summed E-state index contributed by atoms with van der Waals surface area (Å²) >= 11 is 1.86. The van der Waals surface area contributed by atoms with Crippen LogP contribution >= 0.6 is 11.8 Å². The third-order valence-electron chi connectivity index (χ3n) is 3.60. The van der Waals surface area contributed by atoms with Gasteiger partial charge in [-0.15, -0.1) is 0 Å². The van der Waals surface area contributed by atoms with Crippen LogP contribution in [0.2, 0.25) is 0 Å². The van der Waals surface area contributed by atoms with Crippen molar-refractivity contribution in [3.63, 3.8) is 0 Å². The highest BCUT2D eigenvalue weighted by atomic mass is 32.2. The molecule has 2 rings (SSSR count). The zero-order valence-corrected chi connectivity index (χ0v) is 10.8. The first kappa shape index (κ1) is 12.5. The summed E-state index contributed by atoms with van der Waals surface area (Å²) < 4.78 is 0. The van der Waals surface area contributed by atoms with E-state index in [2.05, 4.69) is 0 Å². The Morgan fingerprint density at radius 2 is 1.88 bits per heavy atom. The number of carbonyl (C=O) groups excluding carboxylic acids is 1. The van der Waals surface area contributed by atoms with E-state index < -0.39 is 11.9 Å². The standard InChI is InChI=1S/C11H18N2O3S/c1-8-9(10(14)15)2-3-13(8)11(16)12-4-6-17-7-5-12/h8-9H,2-7H2,1H3,(H,14,15). The van der Waals surface area contributed by atoms with Gasteiger partial charge in [0.2, 0.25) is 0 Å². The van der Waals surface area contributed by atoms with Crippen molar-refractivity contribution in [2.24, 2.45) is 5.92 Å². The maximum Gasteiger partial charge on any atom is 0.320 e. The lowest BCUT2D eigenvalue weighted by molar-refractivity contribution is -0.142. The van der Waals surface area contributed by atoms with Crippen LogP contribution in [-0.4, -0.2) is 64.1 Å². The molecular formula is C11H18N2O3S. The quantitative estimate of drug-likeness (QED) is 0.760. The van der Waals surface area contributed by atoms with Gasteiger partial charge in [-0.3, -0.25) is 4.79 Å². The summed E-state index contributed by atoms with van der Waals surface area (Å²) in [4.78, 5) is 26.8. The second-order valence-corrected chi connectivity index (χ2v) is 5.77. The molecule has 0 aromatic heterocycles. The van der Waals surface area contributed by atoms with E-state index in [0.717, 1.165) is 24.6 Å². The molecule has 5 nitrogen and oxygen atoms in total. The fourth-order valence-electron chi connectivity index (χ4n) is 2.48. The molecule has 2 aliphatic rings. The molecule has 1 N–H and O–H groups in total. The SMILES string of the molecule is CC1C(C(=O)O)CCN1C(=O)N1CCSCC1. The van der Waals surface area contributed by atoms with Crippen molar-refractivity contribution in [1.82, 2.24) is 9.80 Å². The van der Waals surface area contributed by atoms with Crippen LogP contribution in [0.4, 0.5) is 4.79 Å². The second kappa shape index (κ2) is 5.16. The smallest absolute Gasteiger partial charge is 0.320 e. The van der Waals surface area contributed by atoms with Crippen molar-refractivity contribution in [2.45, 2.75) is 19.4 Å². The van der Waals surface area contributed by atoms with E-state index in [1.54, 1.807) is 4.90 Å². The van der Waals surface area contributed by atoms with Gasteiger partial charge < -0.3 is 14.9 Å². The van der Waals surface area contributed by atoms with E-state index in [1.165, 1.54) is 0 Å². The zero-order valence-electron chi connectivity index (χ0n) is 9.96. The number of amides is 2. The lowest BCUT2D eigenvalue weighted by atomic mass is 10.0. The minimum atomic E-state index is -0.790. The normalized spacial score (nSPS) is 29.5. The van der Waals surface area contributed by atoms with Gasteiger partial charge in [0, 0.05) is 37.2 Å². The number of carbonyl (C=O) groups is 2. The summed E-state index contributed by atoms with van der Waals surface area (Å²) in [6.07, 6.45) is 0.574. The fraction of sp³-hybridized carbons (Fsp3) is 0.818. The number of nitrogens with zero attached hydrogens (tertiary/aromatic N) is 2. The van der Waals surface area contributed by atoms with Gasteiger partial charge in [0.15, 0.2) is 0 Å². The Balaban J connectivity index is 1.98. The summed E-state index contributed by atoms with van der Waals surface area (Å²) in [5.41, 5.74) is 0. The summed E-state index contributed by atoms with van der Waals surface area (Å²) in [6, 6.07) is -0.170. The molecule has 0 aliphatic carbocycles. The van der Waals surface area contributed by atoms with Crippen LogP contribution in [-0.2, 0) is 4.79 Å². The first-order valence-electron chi connectivity index (χ1n) is 5.97. The van der Waals surface area contributed by atoms with Crippen molar-refractivity contribution in [3.8, 4) is 0 Å². The molecule has 0 spiro atoms. The Bertz CT molecular complexity index is 318. The predicted octanol–water partition coefficient (Wildman–Crippen LogP) is 0.950. The number of carboxylic acids is 1. The molecule has 0 bridgehead atoms. The fourth-order valence-corrected chi connectivity index (χ4v) is 3.38. The van der Waals surface area contributed by atoms with E-state index in [0.29, 0.717) is 13.0 Å². The van der Waals surface area contributed by atoms with Gasteiger partial charge in [0.25, 0.3) is 0 Å². The molecule has 2 saturated heterocycles. The summed E-state index contributed by atoms with van der Waals surface area (Å²) in [7, 11) is 0. The van der Waals surface area contributed by atoms with Crippen LogP contribution < -0.4 is 0 Å². The van der Waals surface area contributed by atoms with Crippen LogP contribution in [0, 0.1) is 5.92 Å². The lowest BCUT2D eigenvalue weighted by Gasteiger charge is -2.33. The van der Waals surface area contributed by atoms with Gasteiger partial charge in [-0.1, -0.05) is 0 Å². The molecule has 2 amide bonds. The Hall–Kier alpha value is -0.910. The summed E-state index contributed by atoms with van der Waals surface area (Å²) in [6.45, 7) is 3.97. The minimum absolute atomic E-state index is 0.0153. The average molecular weight is 258 g/mol. The van der Waals surface area contributed by atoms with Crippen LogP contribution in [0.25, 0.3) is 0 Å². The number of thioether (sulfide) groups is 1. The Morgan fingerprint density at radius 1 is 1.24 bits per heavy atom. The number of urea groups is 1. The van der Waals surface area contributed by atoms with Gasteiger partial charge in [-0.2, -0.15) is 11.8 Å². The van der Waals surface area contributed by atoms with Gasteiger partial charge in [-0.05, 0) is 13.3 Å². The molecule has 96 valence electrons. The third-order valence-corrected chi connectivity index (χ3v) is 4.54. The third kappa shape index (κ3) is 2.51. The number of aliphatic carboxylic acids is 1. The van der Waals surface area contributed by atoms with Gasteiger partial charge >= 0.3 is 12.0 Å². The summed E-state index contributed by atoms with van der Waals surface area (Å²) in [5, 5.41) is 9.04. The van der Waals surface area contributed by atoms with Gasteiger partial charge in [0.05, 0.1) is 5.92 Å². The maximum atomic E-state index is 12.2. The maximum absolute atomic E-state index is 12.2. The molecule has 2 aliphatic heterocycles. The molecule has 2 unspecified atom stereocenters. The van der Waals surface area contributed by atoms with E-state index >= 15 is 0 Å². The molecular weight excluding hydrogens is 240 g/mol. The van der Waals surface area contributed by atoms with Crippen molar-refractivity contribution >= 4 is 23.8 Å². The first-order valence-corrected chi connectivity index (χ1v) is 7.13. The Labute approximate surface area is 105 Å². The monoisotopic (exact) mass is 258 g/mol. The topological polar surface area (TPSA) is 60.9 Å². The zero-order chi connectivity index (χ0) is 12.4. The molecule has 2 fully saturated rings. The number of rotatable bonds is 1. The van der Waals surface area contributed by atoms with Crippen molar-refractivity contribution < 1.29 is 14.7 Å². The van der Waals surface area contributed by atoms with Crippen LogP contribution in [0.5, 0.6) is 0 Å². The van der Waals surface area contributed by atoms with E-state index in [1.807, 2.05) is 23.6 Å². The van der Waals surface area contributed by atoms with Crippen molar-refractivity contribution in [3.05, 3.63) is 0 Å². The predicted molar refractivity (Wildman–Crippen MR) is 66.2 cm³/mol. The van der Waals surface area contributed by atoms with E-state index in [-0.39, 0.29) is 12.1 Å². The van der Waals surface area contributed by atoms with E-state index in [4.69, 9.17) is 5.11 Å². The second-order valence-electron chi connectivity index (χ2n) is 4.55. The minimum Gasteiger partial charge on any atom is -0.481 e. The van der Waals surface area contributed by atoms with Crippen molar-refractivity contribution in [2.75, 3.05) is 31.1 Å². The van der Waals surface area contributed by atoms with E-state index in [9.17, 15) is 9.59 Å². The molecule has 0 aromatic rings. The Kier molecular flexibility index (Phi) is 3.81. The summed E-state index contributed by atoms with van der Waals surface area (Å²) in [5.74, 6) is 0.771. The highest BCUT2D eigenvalue weighted by Crippen LogP contribution is 2.26. The van der Waals surface area contributed by atoms with Crippen LogP contribution in [0.15, 0.2) is 0 Å². The highest BCUT2D eigenvalue weighted by molar-refractivity contribution is 7.99. The average Bonchev–Trinajstić information content (AvgIpc) is 2.71. The Morgan fingerprint density at radius 3 is 2.41 bits per heavy atom. The number of likely N-dealkylation sites (tertiary alicyclic amines) is 1. The van der Waals surface area contributed by atoms with Crippen LogP contribution in [0.3, 0.4) is 0 Å².